The third kappa shape index (κ3) is 5.00. The van der Waals surface area contributed by atoms with Gasteiger partial charge in [0.05, 0.1) is 11.1 Å². The van der Waals surface area contributed by atoms with Crippen molar-refractivity contribution in [2.45, 2.75) is 38.4 Å². The normalized spacial score (nSPS) is 11.2. The largest absolute Gasteiger partial charge is 0.325 e. The average Bonchev–Trinajstić information content (AvgIpc) is 3.24. The van der Waals surface area contributed by atoms with E-state index in [1.165, 1.54) is 28.7 Å². The summed E-state index contributed by atoms with van der Waals surface area (Å²) in [5.74, 6) is 0.314. The summed E-state index contributed by atoms with van der Waals surface area (Å²) in [5, 5.41) is 6.10. The number of nitrogens with one attached hydrogen (secondary N) is 1. The second-order valence-electron chi connectivity index (χ2n) is 8.37. The molecule has 1 N–H and O–H groups in total. The van der Waals surface area contributed by atoms with Crippen molar-refractivity contribution < 1.29 is 4.79 Å². The van der Waals surface area contributed by atoms with Crippen LogP contribution < -0.4 is 10.9 Å². The Kier molecular flexibility index (Phi) is 7.34. The molecule has 2 heterocycles. The number of anilines is 1. The first-order chi connectivity index (χ1) is 16.4. The molecule has 0 bridgehead atoms. The van der Waals surface area contributed by atoms with Gasteiger partial charge in [-0.15, -0.1) is 17.9 Å². The fraction of sp³-hybridized carbons (Fsp3) is 0.222. The number of benzene rings is 2. The zero-order chi connectivity index (χ0) is 24.2. The second-order valence-corrected chi connectivity index (χ2v) is 10.2. The first kappa shape index (κ1) is 24.0. The van der Waals surface area contributed by atoms with Crippen LogP contribution in [0.15, 0.2) is 76.5 Å². The van der Waals surface area contributed by atoms with Crippen molar-refractivity contribution in [2.24, 2.45) is 0 Å². The number of carbonyl (C=O) groups is 1. The number of fused-ring (bicyclic) bond motifs is 1. The molecule has 2 aromatic carbocycles. The van der Waals surface area contributed by atoms with E-state index in [-0.39, 0.29) is 17.2 Å². The monoisotopic (exact) mass is 489 g/mol. The molecule has 0 saturated carbocycles. The highest BCUT2D eigenvalue weighted by Crippen LogP contribution is 2.32. The Balaban J connectivity index is 1.62. The van der Waals surface area contributed by atoms with Gasteiger partial charge < -0.3 is 5.32 Å². The predicted octanol–water partition coefficient (Wildman–Crippen LogP) is 6.47. The number of carbonyl (C=O) groups excluding carboxylic acids is 1. The number of para-hydroxylation sites is 1. The number of thiophene rings is 1. The van der Waals surface area contributed by atoms with Crippen molar-refractivity contribution >= 4 is 44.9 Å². The van der Waals surface area contributed by atoms with Crippen LogP contribution in [0, 0.1) is 6.92 Å². The summed E-state index contributed by atoms with van der Waals surface area (Å²) < 4.78 is 1.60. The number of allylic oxidation sites excluding steroid dienone is 1. The first-order valence-electron chi connectivity index (χ1n) is 11.1. The zero-order valence-electron chi connectivity index (χ0n) is 19.5. The maximum atomic E-state index is 13.5. The van der Waals surface area contributed by atoms with Gasteiger partial charge in [0, 0.05) is 23.2 Å². The zero-order valence-corrected chi connectivity index (χ0v) is 21.1. The molecule has 174 valence electrons. The Morgan fingerprint density at radius 2 is 1.94 bits per heavy atom. The van der Waals surface area contributed by atoms with E-state index in [1.54, 1.807) is 10.6 Å². The number of rotatable bonds is 8. The van der Waals surface area contributed by atoms with E-state index in [1.807, 2.05) is 60.8 Å². The molecule has 0 fully saturated rings. The van der Waals surface area contributed by atoms with Gasteiger partial charge in [0.25, 0.3) is 5.56 Å². The average molecular weight is 490 g/mol. The van der Waals surface area contributed by atoms with Gasteiger partial charge >= 0.3 is 0 Å². The Bertz CT molecular complexity index is 1400. The molecule has 0 aliphatic carbocycles. The summed E-state index contributed by atoms with van der Waals surface area (Å²) in [6, 6.07) is 15.9. The highest BCUT2D eigenvalue weighted by molar-refractivity contribution is 7.99. The molecule has 4 aromatic rings. The molecule has 0 aliphatic heterocycles. The van der Waals surface area contributed by atoms with Crippen LogP contribution in [0.4, 0.5) is 5.69 Å². The van der Waals surface area contributed by atoms with Crippen LogP contribution in [0.1, 0.15) is 30.9 Å². The molecule has 4 rings (SSSR count). The molecular formula is C27H27N3O2S2. The van der Waals surface area contributed by atoms with Crippen molar-refractivity contribution in [3.05, 3.63) is 88.0 Å². The van der Waals surface area contributed by atoms with E-state index in [4.69, 9.17) is 4.98 Å². The third-order valence-electron chi connectivity index (χ3n) is 5.52. The number of hydrogen-bond acceptors (Lipinski definition) is 5. The smallest absolute Gasteiger partial charge is 0.263 e. The lowest BCUT2D eigenvalue weighted by molar-refractivity contribution is -0.113. The van der Waals surface area contributed by atoms with Crippen LogP contribution in [0.5, 0.6) is 0 Å². The summed E-state index contributed by atoms with van der Waals surface area (Å²) in [5.41, 5.74) is 4.83. The minimum atomic E-state index is -0.135. The summed E-state index contributed by atoms with van der Waals surface area (Å²) >= 11 is 2.71. The molecule has 0 radical (unpaired) electrons. The molecule has 7 heteroatoms. The van der Waals surface area contributed by atoms with Gasteiger partial charge in [-0.2, -0.15) is 0 Å². The highest BCUT2D eigenvalue weighted by atomic mass is 32.2. The summed E-state index contributed by atoms with van der Waals surface area (Å²) in [6.45, 7) is 10.4. The summed E-state index contributed by atoms with van der Waals surface area (Å²) in [7, 11) is 0. The Morgan fingerprint density at radius 1 is 1.21 bits per heavy atom. The van der Waals surface area contributed by atoms with Crippen LogP contribution in [-0.2, 0) is 11.3 Å². The van der Waals surface area contributed by atoms with Crippen molar-refractivity contribution in [1.82, 2.24) is 9.55 Å². The molecule has 5 nitrogen and oxygen atoms in total. The fourth-order valence-electron chi connectivity index (χ4n) is 3.78. The van der Waals surface area contributed by atoms with Crippen LogP contribution in [0.3, 0.4) is 0 Å². The van der Waals surface area contributed by atoms with Crippen molar-refractivity contribution in [3.8, 4) is 11.1 Å². The molecule has 1 amide bonds. The van der Waals surface area contributed by atoms with Crippen molar-refractivity contribution in [1.29, 1.82) is 0 Å². The lowest BCUT2D eigenvalue weighted by Gasteiger charge is -2.14. The van der Waals surface area contributed by atoms with Gasteiger partial charge in [0.1, 0.15) is 4.83 Å². The maximum absolute atomic E-state index is 13.5. The molecule has 0 aliphatic rings. The molecule has 34 heavy (non-hydrogen) atoms. The van der Waals surface area contributed by atoms with Crippen LogP contribution in [-0.4, -0.2) is 21.2 Å². The maximum Gasteiger partial charge on any atom is 0.263 e. The lowest BCUT2D eigenvalue weighted by Crippen LogP contribution is -2.23. The van der Waals surface area contributed by atoms with Crippen LogP contribution in [0.2, 0.25) is 0 Å². The van der Waals surface area contributed by atoms with Crippen molar-refractivity contribution in [3.63, 3.8) is 0 Å². The standard InChI is InChI=1S/C27H27N3O2S2/c1-5-14-30-26(32)24-21(19-12-10-18(4)11-13-19)15-33-25(24)29-27(30)34-16-23(31)28-22-9-7-6-8-20(22)17(2)3/h5-13,15,17H,1,14,16H2,2-4H3,(H,28,31). The number of thioether (sulfide) groups is 1. The summed E-state index contributed by atoms with van der Waals surface area (Å²) in [4.78, 5) is 31.6. The van der Waals surface area contributed by atoms with E-state index in [0.717, 1.165) is 22.4 Å². The predicted molar refractivity (Wildman–Crippen MR) is 144 cm³/mol. The van der Waals surface area contributed by atoms with Gasteiger partial charge in [0.15, 0.2) is 5.16 Å². The molecule has 0 atom stereocenters. The van der Waals surface area contributed by atoms with Crippen LogP contribution in [0.25, 0.3) is 21.3 Å². The second kappa shape index (κ2) is 10.4. The van der Waals surface area contributed by atoms with Crippen LogP contribution >= 0.6 is 23.1 Å². The number of aryl methyl sites for hydroxylation is 1. The molecule has 0 spiro atoms. The first-order valence-corrected chi connectivity index (χ1v) is 13.0. The fourth-order valence-corrected chi connectivity index (χ4v) is 5.58. The number of aromatic nitrogens is 2. The van der Waals surface area contributed by atoms with E-state index < -0.39 is 0 Å². The van der Waals surface area contributed by atoms with Crippen molar-refractivity contribution in [2.75, 3.05) is 11.1 Å². The number of nitrogens with zero attached hydrogens (tertiary/aromatic N) is 2. The third-order valence-corrected chi connectivity index (χ3v) is 7.37. The topological polar surface area (TPSA) is 64.0 Å². The molecule has 2 aromatic heterocycles. The van der Waals surface area contributed by atoms with Gasteiger partial charge in [0.2, 0.25) is 5.91 Å². The number of hydrogen-bond donors (Lipinski definition) is 1. The quantitative estimate of drug-likeness (QED) is 0.175. The molecule has 0 unspecified atom stereocenters. The highest BCUT2D eigenvalue weighted by Gasteiger charge is 2.18. The Morgan fingerprint density at radius 3 is 2.65 bits per heavy atom. The van der Waals surface area contributed by atoms with Gasteiger partial charge in [-0.3, -0.25) is 14.2 Å². The minimum Gasteiger partial charge on any atom is -0.325 e. The Hall–Kier alpha value is -3.16. The van der Waals surface area contributed by atoms with Gasteiger partial charge in [-0.25, -0.2) is 4.98 Å². The minimum absolute atomic E-state index is 0.116. The SMILES string of the molecule is C=CCn1c(SCC(=O)Nc2ccccc2C(C)C)nc2scc(-c3ccc(C)cc3)c2c1=O. The summed E-state index contributed by atoms with van der Waals surface area (Å²) in [6.07, 6.45) is 1.68. The Labute approximate surface area is 207 Å². The van der Waals surface area contributed by atoms with Gasteiger partial charge in [-0.1, -0.05) is 79.7 Å². The molecule has 0 saturated heterocycles. The van der Waals surface area contributed by atoms with Gasteiger partial charge in [-0.05, 0) is 30.0 Å². The lowest BCUT2D eigenvalue weighted by atomic mass is 10.0. The molecular weight excluding hydrogens is 462 g/mol. The number of amides is 1. The van der Waals surface area contributed by atoms with E-state index in [0.29, 0.717) is 27.8 Å². The van der Waals surface area contributed by atoms with E-state index in [2.05, 4.69) is 25.7 Å². The van der Waals surface area contributed by atoms with E-state index in [9.17, 15) is 9.59 Å². The van der Waals surface area contributed by atoms with E-state index >= 15 is 0 Å².